The Morgan fingerprint density at radius 1 is 0.533 bits per heavy atom. The molecule has 13 amide bonds. The molecule has 5 aromatic carbocycles. The quantitative estimate of drug-likeness (QED) is 0.0396. The molecule has 0 radical (unpaired) electrons. The maximum absolute atomic E-state index is 15.8. The molecule has 728 valence electrons. The number of halogens is 3. The van der Waals surface area contributed by atoms with Crippen LogP contribution in [0.15, 0.2) is 128 Å². The number of unbranched alkanes of at least 4 members (excludes halogenated alkanes) is 1. The van der Waals surface area contributed by atoms with Gasteiger partial charge in [0, 0.05) is 140 Å². The second-order valence-electron chi connectivity index (χ2n) is 36.3. The lowest BCUT2D eigenvalue weighted by atomic mass is 9.86. The van der Waals surface area contributed by atoms with Crippen LogP contribution in [-0.4, -0.2) is 281 Å². The minimum atomic E-state index is -1.86. The lowest BCUT2D eigenvalue weighted by Gasteiger charge is -2.38. The first-order valence-electron chi connectivity index (χ1n) is 45.8. The van der Waals surface area contributed by atoms with Crippen molar-refractivity contribution in [3.8, 4) is 5.75 Å². The number of phenols is 1. The Labute approximate surface area is 785 Å². The van der Waals surface area contributed by atoms with E-state index in [1.165, 1.54) is 55.2 Å². The maximum Gasteiger partial charge on any atom is 0.303 e. The van der Waals surface area contributed by atoms with Crippen molar-refractivity contribution >= 4 is 117 Å². The largest absolute Gasteiger partial charge is 0.508 e. The van der Waals surface area contributed by atoms with Crippen molar-refractivity contribution in [2.45, 2.75) is 241 Å². The predicted molar refractivity (Wildman–Crippen MR) is 494 cm³/mol. The van der Waals surface area contributed by atoms with E-state index in [0.717, 1.165) is 31.4 Å². The number of aliphatic hydroxyl groups excluding tert-OH is 1. The van der Waals surface area contributed by atoms with Gasteiger partial charge in [-0.3, -0.25) is 76.7 Å². The van der Waals surface area contributed by atoms with Crippen LogP contribution >= 0.6 is 11.8 Å². The number of piperidine rings is 1. The number of Topliss-reactive ketones (excluding diaryl/α,β-unsaturated/α-hetero) is 2. The van der Waals surface area contributed by atoms with Crippen molar-refractivity contribution in [3.63, 3.8) is 0 Å². The number of para-hydroxylation sites is 1. The predicted octanol–water partition coefficient (Wildman–Crippen LogP) is 4.38. The van der Waals surface area contributed by atoms with Crippen LogP contribution in [0, 0.1) is 35.2 Å². The fraction of sp³-hybridized carbons (Fsp3) is 0.505. The Morgan fingerprint density at radius 3 is 1.73 bits per heavy atom. The summed E-state index contributed by atoms with van der Waals surface area (Å²) in [7, 11) is 3.85. The van der Waals surface area contributed by atoms with E-state index in [-0.39, 0.29) is 82.2 Å². The molecule has 1 aromatic heterocycles. The van der Waals surface area contributed by atoms with E-state index < -0.39 is 271 Å². The first kappa shape index (κ1) is 104. The van der Waals surface area contributed by atoms with Crippen LogP contribution in [0.5, 0.6) is 5.75 Å². The summed E-state index contributed by atoms with van der Waals surface area (Å²) in [6.07, 6.45) is -3.69. The maximum atomic E-state index is 15.8. The van der Waals surface area contributed by atoms with Gasteiger partial charge < -0.3 is 93.1 Å². The molecule has 6 aromatic rings. The van der Waals surface area contributed by atoms with Crippen LogP contribution in [0.2, 0.25) is 0 Å². The molecule has 0 aliphatic carbocycles. The zero-order valence-corrected chi connectivity index (χ0v) is 78.0. The molecule has 4 aliphatic rings. The van der Waals surface area contributed by atoms with Crippen LogP contribution in [0.4, 0.5) is 13.2 Å². The molecule has 38 heteroatoms. The number of thioether (sulfide) groups is 1. The monoisotopic (exact) mass is 1890 g/mol. The van der Waals surface area contributed by atoms with Crippen molar-refractivity contribution in [3.05, 3.63) is 173 Å². The van der Waals surface area contributed by atoms with E-state index in [0.29, 0.717) is 71.0 Å². The number of carboxylic acid groups (broad SMARTS) is 1. The molecule has 4 saturated heterocycles. The van der Waals surface area contributed by atoms with Crippen molar-refractivity contribution in [2.24, 2.45) is 29.2 Å². The first-order valence-corrected chi connectivity index (χ1v) is 47.0. The number of H-pyrrole nitrogens is 1. The number of aromatic nitrogens is 1. The fourth-order valence-corrected chi connectivity index (χ4v) is 18.9. The average Bonchev–Trinajstić information content (AvgIpc) is 1.62. The van der Waals surface area contributed by atoms with E-state index in [1.807, 2.05) is 6.92 Å². The van der Waals surface area contributed by atoms with E-state index in [4.69, 9.17) is 11.5 Å². The van der Waals surface area contributed by atoms with E-state index in [2.05, 4.69) is 36.9 Å². The van der Waals surface area contributed by atoms with E-state index in [1.54, 1.807) is 119 Å². The summed E-state index contributed by atoms with van der Waals surface area (Å²) in [5.41, 5.74) is 14.3. The third-order valence-corrected chi connectivity index (χ3v) is 26.5. The zero-order chi connectivity index (χ0) is 98.3. The van der Waals surface area contributed by atoms with Crippen molar-refractivity contribution in [1.29, 1.82) is 0 Å². The number of nitrogens with one attached hydrogen (secondary N) is 7. The summed E-state index contributed by atoms with van der Waals surface area (Å²) >= 11 is 0.717. The number of hydrogen-bond donors (Lipinski definition) is 12. The highest BCUT2D eigenvalue weighted by molar-refractivity contribution is 8.00. The molecule has 0 saturated carbocycles. The van der Waals surface area contributed by atoms with Gasteiger partial charge in [-0.05, 0) is 115 Å². The number of fused-ring (bicyclic) bond motifs is 4. The van der Waals surface area contributed by atoms with Crippen molar-refractivity contribution in [2.75, 3.05) is 52.3 Å². The number of rotatable bonds is 23. The molecule has 4 fully saturated rings. The Kier molecular flexibility index (Phi) is 37.6. The van der Waals surface area contributed by atoms with Crippen molar-refractivity contribution in [1.82, 2.24) is 66.3 Å². The lowest BCUT2D eigenvalue weighted by molar-refractivity contribution is -0.154. The van der Waals surface area contributed by atoms with Gasteiger partial charge in [0.1, 0.15) is 66.2 Å². The number of likely N-dealkylation sites (N-methyl/N-ethyl adjacent to an activating group) is 3. The summed E-state index contributed by atoms with van der Waals surface area (Å²) in [6.45, 7) is 7.81. The number of aliphatic hydroxyl groups is 1. The number of carbonyl (C=O) groups excluding carboxylic acids is 15. The first-order chi connectivity index (χ1) is 64.2. The van der Waals surface area contributed by atoms with Crippen LogP contribution in [0.1, 0.15) is 152 Å². The molecule has 10 rings (SSSR count). The fourth-order valence-electron chi connectivity index (χ4n) is 18.0. The zero-order valence-electron chi connectivity index (χ0n) is 77.2. The number of hydrogen-bond acceptors (Lipinski definition) is 20. The van der Waals surface area contributed by atoms with Gasteiger partial charge in [0.05, 0.1) is 23.9 Å². The van der Waals surface area contributed by atoms with E-state index in [9.17, 15) is 38.9 Å². The van der Waals surface area contributed by atoms with Gasteiger partial charge >= 0.3 is 5.97 Å². The number of carbonyl (C=O) groups is 16. The second-order valence-corrected chi connectivity index (χ2v) is 37.4. The Balaban J connectivity index is 1.06. The van der Waals surface area contributed by atoms with Crippen LogP contribution in [-0.2, 0) is 109 Å². The Bertz CT molecular complexity index is 5250. The third-order valence-electron chi connectivity index (χ3n) is 25.5. The highest BCUT2D eigenvalue weighted by atomic mass is 32.2. The topological polar surface area (TPSA) is 493 Å². The number of aliphatic carboxylic acids is 1. The number of carboxylic acids is 1. The van der Waals surface area contributed by atoms with Crippen molar-refractivity contribution < 1.29 is 105 Å². The number of nitrogens with two attached hydrogens (primary N) is 2. The van der Waals surface area contributed by atoms with Crippen LogP contribution in [0.3, 0.4) is 0 Å². The number of benzene rings is 5. The minimum absolute atomic E-state index is 0.0228. The molecule has 34 nitrogen and oxygen atoms in total. The van der Waals surface area contributed by atoms with Gasteiger partial charge in [-0.15, -0.1) is 11.8 Å². The van der Waals surface area contributed by atoms with Gasteiger partial charge in [-0.25, -0.2) is 13.2 Å². The van der Waals surface area contributed by atoms with Crippen LogP contribution in [0.25, 0.3) is 10.9 Å². The molecular weight excluding hydrogens is 1770 g/mol. The van der Waals surface area contributed by atoms with E-state index >= 15 is 66.3 Å². The second kappa shape index (κ2) is 48.6. The third kappa shape index (κ3) is 28.1. The number of primary amides is 1. The van der Waals surface area contributed by atoms with Gasteiger partial charge in [-0.1, -0.05) is 138 Å². The van der Waals surface area contributed by atoms with Gasteiger partial charge in [-0.2, -0.15) is 0 Å². The van der Waals surface area contributed by atoms with Gasteiger partial charge in [0.2, 0.25) is 76.8 Å². The highest BCUT2D eigenvalue weighted by Crippen LogP contribution is 2.33. The minimum Gasteiger partial charge on any atom is -0.508 e. The normalized spacial score (nSPS) is 25.2. The van der Waals surface area contributed by atoms with Crippen LogP contribution < -0.4 is 43.4 Å². The summed E-state index contributed by atoms with van der Waals surface area (Å²) in [6, 6.07) is 11.1. The average molecular weight is 1890 g/mol. The molecule has 4 aliphatic heterocycles. The summed E-state index contributed by atoms with van der Waals surface area (Å²) in [4.78, 5) is 250. The molecule has 14 N–H and O–H groups in total. The Morgan fingerprint density at radius 2 is 1.10 bits per heavy atom. The standard InChI is InChI=1S/C97H124F3N15O19S/c1-9-10-27-76-96(133)115-51-63(117)47-80(115)97(134)114-50-61(101)46-77(114)82(119)48-65(55(4)5)92(129)111(7)78(43-56-21-13-11-14-22-56)91(128)105-69(33-36-85(122)123)94(131)113-37-20-19-28-75(113)90(127)108-72(45-60-49-103-68-26-18-17-25-64(60)68)89(126)107-71(41-58-29-31-62(116)32-30-58)88(125)106-70(38-54(2)3)87(124)109-74(81(118)34-35-83(102)120)52-135-53-84(121)104-73(42-59-39-66(98)86(100)67(99)40-59)93(130)112(8)79(95(132)110(76)6)44-57-23-15-12-16-24-57/h11-18,21-26,29-32,39-40,49,54-55,61,63,65,69-80,103,116-117H,9-10,19-20,27-28,33-38,41-48,50-53,101H2,1-8H3,(H2,102,120)(H,104,121)(H,105,128)(H,106,125)(H,107,126)(H,108,127)(H,109,124)(H,122,123)/t61-,63-,65+,69+,70+,71+,72+,73+,74+,75-,76+,77+,78+,79+,80-/m1/s1. The summed E-state index contributed by atoms with van der Waals surface area (Å²) < 4.78 is 45.2. The smallest absolute Gasteiger partial charge is 0.303 e. The Hall–Kier alpha value is -12.6. The molecule has 5 heterocycles. The highest BCUT2D eigenvalue weighted by Gasteiger charge is 2.51. The number of nitrogens with zero attached hydrogens (tertiary/aromatic N) is 6. The number of aromatic hydroxyl groups is 1. The SMILES string of the molecule is CCCC[C@H]1C(=O)N2C[C@H](O)C[C@@H]2C(=O)N2C[C@H](N)C[C@H]2C(=O)C[C@@H](C(C)C)C(=O)N(C)[C@@H](Cc2ccccc2)C(=O)N[C@@H](CCC(=O)O)C(=O)N2CCCC[C@@H]2C(=O)N[C@@H](Cc2c[nH]c3ccccc23)C(=O)N[C@@H](Cc2ccc(O)cc2)C(=O)N[C@@H](CC(C)C)C(=O)N[C@H](C(=O)CCC(N)=O)CSCC(=O)N[C@@H](Cc2cc(F)c(F)c(F)c2)C(=O)N(C)[C@@H](Cc2ccccc2)C(=O)N1C. The molecule has 15 atom stereocenters. The summed E-state index contributed by atoms with van der Waals surface area (Å²) in [5.74, 6) is -23.4. The molecule has 135 heavy (non-hydrogen) atoms. The summed E-state index contributed by atoms with van der Waals surface area (Å²) in [5, 5.41) is 49.3. The number of phenolic OH excluding ortho intramolecular Hbond substituents is 1. The number of ketones is 2. The molecular formula is C97H124F3N15O19S. The van der Waals surface area contributed by atoms with Gasteiger partial charge in [0.15, 0.2) is 29.0 Å². The molecule has 0 bridgehead atoms. The van der Waals surface area contributed by atoms with Gasteiger partial charge in [0.25, 0.3) is 0 Å². The number of amides is 13. The molecule has 0 spiro atoms. The molecule has 0 unspecified atom stereocenters. The lowest BCUT2D eigenvalue weighted by Crippen LogP contribution is -2.62. The number of aromatic amines is 1.